The monoisotopic (exact) mass is 254 g/mol. The molecule has 3 nitrogen and oxygen atoms in total. The molecule has 0 aliphatic rings. The van der Waals surface area contributed by atoms with Gasteiger partial charge in [0.25, 0.3) is 0 Å². The Bertz CT molecular complexity index is 265. The minimum atomic E-state index is -0.858. The van der Waals surface area contributed by atoms with Crippen LogP contribution in [0.1, 0.15) is 51.9 Å². The molecule has 0 rings (SSSR count). The van der Waals surface area contributed by atoms with Crippen molar-refractivity contribution in [1.82, 2.24) is 0 Å². The zero-order valence-electron chi connectivity index (χ0n) is 11.3. The van der Waals surface area contributed by atoms with E-state index in [4.69, 9.17) is 5.11 Å². The largest absolute Gasteiger partial charge is 0.390 e. The Morgan fingerprint density at radius 3 is 2.33 bits per heavy atom. The number of rotatable bonds is 9. The third kappa shape index (κ3) is 9.23. The van der Waals surface area contributed by atoms with Crippen molar-refractivity contribution < 1.29 is 15.3 Å². The first-order valence-electron chi connectivity index (χ1n) is 6.77. The van der Waals surface area contributed by atoms with Crippen LogP contribution in [0.15, 0.2) is 12.7 Å². The lowest BCUT2D eigenvalue weighted by molar-refractivity contribution is 0.0165. The molecule has 0 fully saturated rings. The molecule has 0 aromatic rings. The summed E-state index contributed by atoms with van der Waals surface area (Å²) in [5.41, 5.74) is 0. The molecular formula is C15H26O3. The quantitative estimate of drug-likeness (QED) is 0.335. The zero-order valence-corrected chi connectivity index (χ0v) is 11.3. The highest BCUT2D eigenvalue weighted by atomic mass is 16.3. The summed E-state index contributed by atoms with van der Waals surface area (Å²) in [4.78, 5) is 0. The topological polar surface area (TPSA) is 60.7 Å². The summed E-state index contributed by atoms with van der Waals surface area (Å²) in [5, 5.41) is 28.4. The van der Waals surface area contributed by atoms with Gasteiger partial charge < -0.3 is 15.3 Å². The number of hydrogen-bond acceptors (Lipinski definition) is 3. The summed E-state index contributed by atoms with van der Waals surface area (Å²) in [6.45, 7) is 5.56. The Kier molecular flexibility index (Phi) is 10.8. The summed E-state index contributed by atoms with van der Waals surface area (Å²) in [5.74, 6) is 5.16. The maximum atomic E-state index is 9.70. The van der Waals surface area contributed by atoms with Gasteiger partial charge in [0.1, 0.15) is 6.10 Å². The smallest absolute Gasteiger partial charge is 0.133 e. The molecule has 0 saturated carbocycles. The minimum Gasteiger partial charge on any atom is -0.390 e. The van der Waals surface area contributed by atoms with Crippen LogP contribution < -0.4 is 0 Å². The summed E-state index contributed by atoms with van der Waals surface area (Å²) in [6.07, 6.45) is 5.34. The summed E-state index contributed by atoms with van der Waals surface area (Å²) >= 11 is 0. The van der Waals surface area contributed by atoms with E-state index in [9.17, 15) is 10.2 Å². The predicted molar refractivity (Wildman–Crippen MR) is 74.0 cm³/mol. The number of hydrogen-bond donors (Lipinski definition) is 3. The third-order valence-electron chi connectivity index (χ3n) is 2.83. The van der Waals surface area contributed by atoms with Crippen molar-refractivity contribution in [3.8, 4) is 11.8 Å². The molecule has 0 aliphatic heterocycles. The highest BCUT2D eigenvalue weighted by Gasteiger charge is 2.14. The van der Waals surface area contributed by atoms with Crippen LogP contribution in [-0.4, -0.2) is 33.6 Å². The van der Waals surface area contributed by atoms with Crippen molar-refractivity contribution >= 4 is 0 Å². The Morgan fingerprint density at radius 1 is 1.06 bits per heavy atom. The molecule has 0 heterocycles. The minimum absolute atomic E-state index is 0.182. The number of unbranched alkanes of at least 4 members (excludes halogenated alkanes) is 4. The molecule has 3 N–H and O–H groups in total. The van der Waals surface area contributed by atoms with Crippen molar-refractivity contribution in [2.45, 2.75) is 70.2 Å². The Hall–Kier alpha value is -0.820. The highest BCUT2D eigenvalue weighted by molar-refractivity contribution is 5.11. The van der Waals surface area contributed by atoms with Gasteiger partial charge in [0, 0.05) is 6.42 Å². The average Bonchev–Trinajstić information content (AvgIpc) is 2.37. The van der Waals surface area contributed by atoms with Crippen LogP contribution in [0.4, 0.5) is 0 Å². The summed E-state index contributed by atoms with van der Waals surface area (Å²) < 4.78 is 0. The van der Waals surface area contributed by atoms with E-state index in [-0.39, 0.29) is 6.42 Å². The lowest BCUT2D eigenvalue weighted by atomic mass is 10.0. The van der Waals surface area contributed by atoms with Crippen LogP contribution >= 0.6 is 0 Å². The number of aliphatic hydroxyl groups is 3. The van der Waals surface area contributed by atoms with Crippen molar-refractivity contribution in [2.75, 3.05) is 0 Å². The third-order valence-corrected chi connectivity index (χ3v) is 2.83. The van der Waals surface area contributed by atoms with Crippen LogP contribution in [0, 0.1) is 11.8 Å². The van der Waals surface area contributed by atoms with Crippen LogP contribution in [0.25, 0.3) is 0 Å². The first-order chi connectivity index (χ1) is 8.61. The van der Waals surface area contributed by atoms with E-state index >= 15 is 0 Å². The van der Waals surface area contributed by atoms with E-state index in [1.54, 1.807) is 0 Å². The zero-order chi connectivity index (χ0) is 13.8. The lowest BCUT2D eigenvalue weighted by Crippen LogP contribution is -2.25. The van der Waals surface area contributed by atoms with E-state index in [0.29, 0.717) is 6.42 Å². The molecule has 3 unspecified atom stereocenters. The fourth-order valence-electron chi connectivity index (χ4n) is 1.61. The van der Waals surface area contributed by atoms with Crippen LogP contribution in [0.2, 0.25) is 0 Å². The Balaban J connectivity index is 3.71. The summed E-state index contributed by atoms with van der Waals surface area (Å²) in [6, 6.07) is 0. The molecule has 0 bridgehead atoms. The van der Waals surface area contributed by atoms with Gasteiger partial charge in [-0.25, -0.2) is 0 Å². The lowest BCUT2D eigenvalue weighted by Gasteiger charge is -2.15. The molecule has 3 atom stereocenters. The van der Waals surface area contributed by atoms with E-state index in [0.717, 1.165) is 12.8 Å². The second-order valence-electron chi connectivity index (χ2n) is 4.54. The Morgan fingerprint density at radius 2 is 1.72 bits per heavy atom. The second-order valence-corrected chi connectivity index (χ2v) is 4.54. The number of aliphatic hydroxyl groups excluding tert-OH is 3. The first kappa shape index (κ1) is 17.2. The fourth-order valence-corrected chi connectivity index (χ4v) is 1.61. The van der Waals surface area contributed by atoms with Crippen LogP contribution in [0.3, 0.4) is 0 Å². The van der Waals surface area contributed by atoms with Gasteiger partial charge in [-0.05, 0) is 6.42 Å². The molecule has 0 aliphatic carbocycles. The van der Waals surface area contributed by atoms with E-state index in [2.05, 4.69) is 25.3 Å². The van der Waals surface area contributed by atoms with Gasteiger partial charge in [-0.1, -0.05) is 63.5 Å². The molecule has 104 valence electrons. The first-order valence-corrected chi connectivity index (χ1v) is 6.77. The van der Waals surface area contributed by atoms with Gasteiger partial charge in [-0.15, -0.1) is 0 Å². The SMILES string of the molecule is C=CC(O)C#CCC(O)C(O)CCCCCCC. The fraction of sp³-hybridized carbons (Fsp3) is 0.733. The molecule has 18 heavy (non-hydrogen) atoms. The molecule has 0 spiro atoms. The maximum absolute atomic E-state index is 9.70. The van der Waals surface area contributed by atoms with Gasteiger partial charge in [0.15, 0.2) is 0 Å². The average molecular weight is 254 g/mol. The van der Waals surface area contributed by atoms with Gasteiger partial charge in [0.2, 0.25) is 0 Å². The van der Waals surface area contributed by atoms with Crippen molar-refractivity contribution in [2.24, 2.45) is 0 Å². The predicted octanol–water partition coefficient (Wildman–Crippen LogP) is 2.01. The molecule has 0 radical (unpaired) electrons. The normalized spacial score (nSPS) is 15.3. The molecule has 3 heteroatoms. The maximum Gasteiger partial charge on any atom is 0.133 e. The molecular weight excluding hydrogens is 228 g/mol. The highest BCUT2D eigenvalue weighted by Crippen LogP contribution is 2.10. The van der Waals surface area contributed by atoms with Gasteiger partial charge in [-0.3, -0.25) is 0 Å². The van der Waals surface area contributed by atoms with E-state index < -0.39 is 18.3 Å². The van der Waals surface area contributed by atoms with E-state index in [1.165, 1.54) is 25.3 Å². The van der Waals surface area contributed by atoms with Crippen molar-refractivity contribution in [3.05, 3.63) is 12.7 Å². The van der Waals surface area contributed by atoms with Gasteiger partial charge in [0.05, 0.1) is 12.2 Å². The molecule has 0 aromatic heterocycles. The Labute approximate surface area is 111 Å². The van der Waals surface area contributed by atoms with Crippen molar-refractivity contribution in [1.29, 1.82) is 0 Å². The molecule has 0 saturated heterocycles. The van der Waals surface area contributed by atoms with Gasteiger partial charge in [-0.2, -0.15) is 0 Å². The standard InChI is InChI=1S/C15H26O3/c1-3-5-6-7-8-11-14(17)15(18)12-9-10-13(16)4-2/h4,13-18H,2-3,5-8,11-12H2,1H3. The molecule has 0 amide bonds. The summed E-state index contributed by atoms with van der Waals surface area (Å²) in [7, 11) is 0. The second kappa shape index (κ2) is 11.3. The van der Waals surface area contributed by atoms with E-state index in [1.807, 2.05) is 0 Å². The molecule has 0 aromatic carbocycles. The van der Waals surface area contributed by atoms with Crippen LogP contribution in [0.5, 0.6) is 0 Å². The van der Waals surface area contributed by atoms with Crippen LogP contribution in [-0.2, 0) is 0 Å². The van der Waals surface area contributed by atoms with Crippen molar-refractivity contribution in [3.63, 3.8) is 0 Å². The van der Waals surface area contributed by atoms with Gasteiger partial charge >= 0.3 is 0 Å².